The van der Waals surface area contributed by atoms with Crippen LogP contribution >= 0.6 is 11.3 Å². The maximum Gasteiger partial charge on any atom is 0.220 e. The van der Waals surface area contributed by atoms with Crippen LogP contribution in [-0.2, 0) is 35.6 Å². The Bertz CT molecular complexity index is 1190. The summed E-state index contributed by atoms with van der Waals surface area (Å²) >= 11 is 1.71. The number of amides is 1. The van der Waals surface area contributed by atoms with E-state index in [2.05, 4.69) is 31.2 Å². The topological polar surface area (TPSA) is 85.4 Å². The number of hydrogen-bond acceptors (Lipinski definition) is 7. The second-order valence-electron chi connectivity index (χ2n) is 8.07. The zero-order chi connectivity index (χ0) is 22.5. The van der Waals surface area contributed by atoms with Crippen LogP contribution in [-0.4, -0.2) is 51.6 Å². The summed E-state index contributed by atoms with van der Waals surface area (Å²) in [5, 5.41) is 5.03. The fourth-order valence-corrected chi connectivity index (χ4v) is 4.69. The summed E-state index contributed by atoms with van der Waals surface area (Å²) in [6, 6.07) is 11.9. The minimum absolute atomic E-state index is 0.0242. The molecule has 1 aliphatic heterocycles. The molecule has 0 aromatic carbocycles. The number of carbonyl (C=O) groups is 1. The summed E-state index contributed by atoms with van der Waals surface area (Å²) < 4.78 is 13.4. The molecule has 5 rings (SSSR count). The van der Waals surface area contributed by atoms with E-state index in [4.69, 9.17) is 14.1 Å². The summed E-state index contributed by atoms with van der Waals surface area (Å²) in [4.78, 5) is 25.3. The molecule has 1 fully saturated rings. The molecule has 0 atom stereocenters. The van der Waals surface area contributed by atoms with Crippen molar-refractivity contribution < 1.29 is 13.9 Å². The number of furan rings is 1. The highest BCUT2D eigenvalue weighted by atomic mass is 32.1. The largest absolute Gasteiger partial charge is 0.463 e. The van der Waals surface area contributed by atoms with E-state index in [1.807, 2.05) is 30.3 Å². The molecule has 5 heterocycles. The minimum atomic E-state index is -0.0242. The van der Waals surface area contributed by atoms with E-state index >= 15 is 0 Å². The molecule has 9 heteroatoms. The van der Waals surface area contributed by atoms with Crippen molar-refractivity contribution in [2.45, 2.75) is 32.5 Å². The molecule has 33 heavy (non-hydrogen) atoms. The monoisotopic (exact) mass is 465 g/mol. The Hall–Kier alpha value is -3.01. The average Bonchev–Trinajstić information content (AvgIpc) is 3.59. The van der Waals surface area contributed by atoms with E-state index < -0.39 is 0 Å². The van der Waals surface area contributed by atoms with Crippen LogP contribution in [0.15, 0.2) is 52.4 Å². The molecule has 0 spiro atoms. The number of rotatable bonds is 9. The van der Waals surface area contributed by atoms with Crippen molar-refractivity contribution in [3.63, 3.8) is 0 Å². The molecule has 0 radical (unpaired) electrons. The summed E-state index contributed by atoms with van der Waals surface area (Å²) in [7, 11) is 0. The first-order valence-corrected chi connectivity index (χ1v) is 12.1. The molecular formula is C24H27N5O3S. The molecule has 4 aromatic heterocycles. The fourth-order valence-electron chi connectivity index (χ4n) is 4.00. The normalized spacial score (nSPS) is 14.7. The molecule has 1 N–H and O–H groups in total. The van der Waals surface area contributed by atoms with Gasteiger partial charge in [-0.3, -0.25) is 9.69 Å². The van der Waals surface area contributed by atoms with E-state index in [0.717, 1.165) is 61.4 Å². The van der Waals surface area contributed by atoms with Crippen LogP contribution in [0.3, 0.4) is 0 Å². The molecule has 1 saturated heterocycles. The molecule has 1 amide bonds. The number of pyridine rings is 1. The lowest BCUT2D eigenvalue weighted by Gasteiger charge is -2.25. The molecule has 0 bridgehead atoms. The van der Waals surface area contributed by atoms with E-state index in [9.17, 15) is 4.79 Å². The zero-order valence-electron chi connectivity index (χ0n) is 18.4. The van der Waals surface area contributed by atoms with Gasteiger partial charge in [0, 0.05) is 37.0 Å². The van der Waals surface area contributed by atoms with Crippen molar-refractivity contribution >= 4 is 28.4 Å². The van der Waals surface area contributed by atoms with Gasteiger partial charge in [-0.25, -0.2) is 9.97 Å². The van der Waals surface area contributed by atoms with Gasteiger partial charge in [-0.05, 0) is 35.7 Å². The predicted molar refractivity (Wildman–Crippen MR) is 126 cm³/mol. The summed E-state index contributed by atoms with van der Waals surface area (Å²) in [5.74, 6) is 2.53. The molecular weight excluding hydrogens is 438 g/mol. The lowest BCUT2D eigenvalue weighted by molar-refractivity contribution is -0.121. The second-order valence-corrected chi connectivity index (χ2v) is 9.11. The first-order valence-electron chi connectivity index (χ1n) is 11.2. The van der Waals surface area contributed by atoms with E-state index in [0.29, 0.717) is 25.9 Å². The number of thiophene rings is 1. The number of hydrogen-bond donors (Lipinski definition) is 1. The quantitative estimate of drug-likeness (QED) is 0.409. The van der Waals surface area contributed by atoms with Gasteiger partial charge in [0.2, 0.25) is 5.91 Å². The van der Waals surface area contributed by atoms with Crippen LogP contribution in [0.2, 0.25) is 0 Å². The Morgan fingerprint density at radius 3 is 2.82 bits per heavy atom. The second kappa shape index (κ2) is 10.3. The van der Waals surface area contributed by atoms with Crippen LogP contribution in [0.4, 0.5) is 0 Å². The number of nitrogens with zero attached hydrogens (tertiary/aromatic N) is 4. The number of imidazole rings is 1. The first-order chi connectivity index (χ1) is 16.2. The summed E-state index contributed by atoms with van der Waals surface area (Å²) in [6.45, 7) is 5.22. The standard InChI is InChI=1S/C24H27N5O3S/c30-23(26-15-18-5-6-19(32-18)16-28-10-12-31-13-11-28)8-7-22-27-21-4-1-9-25-24(21)29(22)17-20-3-2-14-33-20/h1-6,9,14H,7-8,10-13,15-17H2,(H,26,30). The molecule has 0 aliphatic carbocycles. The smallest absolute Gasteiger partial charge is 0.220 e. The maximum atomic E-state index is 12.5. The molecule has 0 unspecified atom stereocenters. The van der Waals surface area contributed by atoms with Gasteiger partial charge in [0.05, 0.1) is 32.8 Å². The average molecular weight is 466 g/mol. The van der Waals surface area contributed by atoms with Crippen molar-refractivity contribution in [2.24, 2.45) is 0 Å². The number of morpholine rings is 1. The highest BCUT2D eigenvalue weighted by Crippen LogP contribution is 2.19. The van der Waals surface area contributed by atoms with Crippen molar-refractivity contribution in [2.75, 3.05) is 26.3 Å². The van der Waals surface area contributed by atoms with Crippen molar-refractivity contribution in [1.29, 1.82) is 0 Å². The molecule has 8 nitrogen and oxygen atoms in total. The van der Waals surface area contributed by atoms with Crippen LogP contribution in [0, 0.1) is 0 Å². The minimum Gasteiger partial charge on any atom is -0.463 e. The van der Waals surface area contributed by atoms with Gasteiger partial charge >= 0.3 is 0 Å². The number of aryl methyl sites for hydroxylation is 1. The van der Waals surface area contributed by atoms with E-state index in [1.54, 1.807) is 17.5 Å². The van der Waals surface area contributed by atoms with Crippen molar-refractivity contribution in [1.82, 2.24) is 24.8 Å². The van der Waals surface area contributed by atoms with Crippen LogP contribution in [0.5, 0.6) is 0 Å². The third-order valence-electron chi connectivity index (χ3n) is 5.71. The lowest BCUT2D eigenvalue weighted by atomic mass is 10.2. The summed E-state index contributed by atoms with van der Waals surface area (Å²) in [6.07, 6.45) is 2.69. The van der Waals surface area contributed by atoms with Crippen molar-refractivity contribution in [3.05, 3.63) is 70.2 Å². The van der Waals surface area contributed by atoms with Gasteiger partial charge in [-0.1, -0.05) is 6.07 Å². The predicted octanol–water partition coefficient (Wildman–Crippen LogP) is 3.22. The number of carbonyl (C=O) groups excluding carboxylic acids is 1. The molecule has 172 valence electrons. The Labute approximate surface area is 196 Å². The number of ether oxygens (including phenoxy) is 1. The molecule has 0 saturated carbocycles. The SMILES string of the molecule is O=C(CCc1nc2cccnc2n1Cc1cccs1)NCc1ccc(CN2CCOCC2)o1. The zero-order valence-corrected chi connectivity index (χ0v) is 19.2. The van der Waals surface area contributed by atoms with Gasteiger partial charge in [0.1, 0.15) is 22.9 Å². The molecule has 1 aliphatic rings. The number of aromatic nitrogens is 3. The third kappa shape index (κ3) is 5.50. The number of nitrogens with one attached hydrogen (secondary N) is 1. The molecule has 4 aromatic rings. The first kappa shape index (κ1) is 21.8. The lowest BCUT2D eigenvalue weighted by Crippen LogP contribution is -2.35. The van der Waals surface area contributed by atoms with Crippen LogP contribution < -0.4 is 5.32 Å². The third-order valence-corrected chi connectivity index (χ3v) is 6.57. The van der Waals surface area contributed by atoms with Gasteiger partial charge in [0.15, 0.2) is 5.65 Å². The van der Waals surface area contributed by atoms with Gasteiger partial charge in [-0.15, -0.1) is 11.3 Å². The van der Waals surface area contributed by atoms with Gasteiger partial charge < -0.3 is 19.0 Å². The van der Waals surface area contributed by atoms with E-state index in [1.165, 1.54) is 4.88 Å². The summed E-state index contributed by atoms with van der Waals surface area (Å²) in [5.41, 5.74) is 1.71. The maximum absolute atomic E-state index is 12.5. The van der Waals surface area contributed by atoms with Crippen molar-refractivity contribution in [3.8, 4) is 0 Å². The van der Waals surface area contributed by atoms with E-state index in [-0.39, 0.29) is 5.91 Å². The highest BCUT2D eigenvalue weighted by Gasteiger charge is 2.15. The van der Waals surface area contributed by atoms with Gasteiger partial charge in [-0.2, -0.15) is 0 Å². The Balaban J connectivity index is 1.16. The van der Waals surface area contributed by atoms with Crippen LogP contribution in [0.25, 0.3) is 11.2 Å². The van der Waals surface area contributed by atoms with Gasteiger partial charge in [0.25, 0.3) is 0 Å². The van der Waals surface area contributed by atoms with Crippen LogP contribution in [0.1, 0.15) is 28.6 Å². The number of fused-ring (bicyclic) bond motifs is 1. The Kier molecular flexibility index (Phi) is 6.80. The highest BCUT2D eigenvalue weighted by molar-refractivity contribution is 7.09. The Morgan fingerprint density at radius 1 is 1.09 bits per heavy atom. The fraction of sp³-hybridized carbons (Fsp3) is 0.375. The Morgan fingerprint density at radius 2 is 1.97 bits per heavy atom.